The molecule has 0 spiro atoms. The lowest BCUT2D eigenvalue weighted by atomic mass is 9.95. The molecule has 1 saturated carbocycles. The predicted octanol–water partition coefficient (Wildman–Crippen LogP) is 4.82. The van der Waals surface area contributed by atoms with Crippen molar-refractivity contribution < 1.29 is 26.8 Å². The number of nitrogens with zero attached hydrogens (tertiary/aromatic N) is 2. The fourth-order valence-electron chi connectivity index (χ4n) is 4.77. The van der Waals surface area contributed by atoms with Crippen LogP contribution in [0.4, 0.5) is 19.2 Å². The van der Waals surface area contributed by atoms with E-state index >= 15 is 0 Å². The first-order valence-electron chi connectivity index (χ1n) is 9.51. The minimum absolute atomic E-state index is 0.202. The van der Waals surface area contributed by atoms with Crippen molar-refractivity contribution >= 4 is 34.6 Å². The molecule has 1 aliphatic carbocycles. The molecule has 2 unspecified atom stereocenters. The average Bonchev–Trinajstić information content (AvgIpc) is 3.39. The summed E-state index contributed by atoms with van der Waals surface area (Å²) < 4.78 is 49.7. The molecule has 1 aromatic carbocycles. The Labute approximate surface area is 173 Å². The zero-order valence-corrected chi connectivity index (χ0v) is 16.3. The molecule has 1 amide bonds. The Bertz CT molecular complexity index is 1130. The monoisotopic (exact) mass is 439 g/mol. The van der Waals surface area contributed by atoms with Gasteiger partial charge < -0.3 is 19.5 Å². The molecule has 2 atom stereocenters. The van der Waals surface area contributed by atoms with Crippen LogP contribution in [0.3, 0.4) is 0 Å². The molecule has 2 aromatic heterocycles. The summed E-state index contributed by atoms with van der Waals surface area (Å²) in [6, 6.07) is 6.68. The molecule has 0 radical (unpaired) electrons. The number of anilines is 1. The van der Waals surface area contributed by atoms with Crippen LogP contribution in [-0.4, -0.2) is 24.0 Å². The van der Waals surface area contributed by atoms with Crippen molar-refractivity contribution in [1.82, 2.24) is 4.98 Å². The fraction of sp³-hybridized carbons (Fsp3) is 0.400. The summed E-state index contributed by atoms with van der Waals surface area (Å²) in [5.41, 5.74) is 6.84. The summed E-state index contributed by atoms with van der Waals surface area (Å²) in [4.78, 5) is 18.2. The molecule has 3 heterocycles. The second kappa shape index (κ2) is 6.66. The molecular weight excluding hydrogens is 423 g/mol. The Kier molecular flexibility index (Phi) is 4.29. The molecule has 30 heavy (non-hydrogen) atoms. The molecule has 2 fully saturated rings. The van der Waals surface area contributed by atoms with Crippen molar-refractivity contribution in [3.63, 3.8) is 0 Å². The number of oxazole rings is 1. The molecule has 10 heteroatoms. The van der Waals surface area contributed by atoms with E-state index in [9.17, 15) is 18.0 Å². The summed E-state index contributed by atoms with van der Waals surface area (Å²) in [6.07, 6.45) is -3.38. The number of alkyl halides is 3. The van der Waals surface area contributed by atoms with E-state index in [-0.39, 0.29) is 29.1 Å². The molecule has 158 valence electrons. The van der Waals surface area contributed by atoms with Gasteiger partial charge in [-0.25, -0.2) is 0 Å². The maximum atomic E-state index is 13.0. The fourth-order valence-corrected chi connectivity index (χ4v) is 4.94. The zero-order valence-electron chi connectivity index (χ0n) is 15.6. The first-order valence-corrected chi connectivity index (χ1v) is 9.88. The van der Waals surface area contributed by atoms with Crippen LogP contribution in [0, 0.1) is 11.8 Å². The van der Waals surface area contributed by atoms with E-state index < -0.39 is 17.8 Å². The number of halogens is 4. The van der Waals surface area contributed by atoms with Gasteiger partial charge in [-0.1, -0.05) is 11.6 Å². The highest BCUT2D eigenvalue weighted by molar-refractivity contribution is 6.31. The van der Waals surface area contributed by atoms with Gasteiger partial charge in [-0.05, 0) is 54.9 Å². The normalized spacial score (nSPS) is 24.0. The first-order chi connectivity index (χ1) is 14.2. The van der Waals surface area contributed by atoms with Gasteiger partial charge in [-0.15, -0.1) is 0 Å². The van der Waals surface area contributed by atoms with Crippen LogP contribution in [0.1, 0.15) is 40.6 Å². The van der Waals surface area contributed by atoms with Crippen molar-refractivity contribution in [1.29, 1.82) is 0 Å². The highest BCUT2D eigenvalue weighted by atomic mass is 35.5. The van der Waals surface area contributed by atoms with E-state index in [1.165, 1.54) is 0 Å². The summed E-state index contributed by atoms with van der Waals surface area (Å²) in [5, 5.41) is 0.576. The minimum atomic E-state index is -4.66. The lowest BCUT2D eigenvalue weighted by molar-refractivity contribution is -0.153. The topological polar surface area (TPSA) is 85.5 Å². The van der Waals surface area contributed by atoms with Crippen LogP contribution in [-0.2, 0) is 6.18 Å². The Morgan fingerprint density at radius 3 is 2.50 bits per heavy atom. The number of amides is 1. The molecule has 1 saturated heterocycles. The lowest BCUT2D eigenvalue weighted by Gasteiger charge is -2.17. The number of nitrogens with two attached hydrogens (primary N) is 1. The highest BCUT2D eigenvalue weighted by Crippen LogP contribution is 2.49. The van der Waals surface area contributed by atoms with Crippen LogP contribution in [0.15, 0.2) is 33.1 Å². The zero-order chi connectivity index (χ0) is 21.2. The lowest BCUT2D eigenvalue weighted by Crippen LogP contribution is -2.22. The van der Waals surface area contributed by atoms with E-state index in [4.69, 9.17) is 26.2 Å². The SMILES string of the molecule is NC(=O)c1oc(C(F)(F)F)cc1C1CC2CN(c3nc4cc(Cl)ccc4o3)CC2C1. The molecule has 6 nitrogen and oxygen atoms in total. The van der Waals surface area contributed by atoms with Crippen LogP contribution < -0.4 is 10.6 Å². The number of aromatic nitrogens is 1. The third-order valence-electron chi connectivity index (χ3n) is 6.06. The highest BCUT2D eigenvalue weighted by Gasteiger charge is 2.45. The Balaban J connectivity index is 1.34. The van der Waals surface area contributed by atoms with Gasteiger partial charge in [0.15, 0.2) is 11.3 Å². The number of hydrogen-bond acceptors (Lipinski definition) is 5. The first kappa shape index (κ1) is 19.3. The van der Waals surface area contributed by atoms with E-state index in [2.05, 4.69) is 4.98 Å². The van der Waals surface area contributed by atoms with Gasteiger partial charge in [0.25, 0.3) is 11.9 Å². The van der Waals surface area contributed by atoms with Gasteiger partial charge in [0, 0.05) is 23.7 Å². The van der Waals surface area contributed by atoms with Crippen molar-refractivity contribution in [2.24, 2.45) is 17.6 Å². The maximum absolute atomic E-state index is 13.0. The standard InChI is InChI=1S/C20H17ClF3N3O3/c21-12-1-2-15-14(5-12)26-19(29-15)27-7-10-3-9(4-11(10)8-27)13-6-16(20(22,23)24)30-17(13)18(25)28/h1-2,5-6,9-11H,3-4,7-8H2,(H2,25,28). The molecule has 5 rings (SSSR count). The average molecular weight is 440 g/mol. The number of fused-ring (bicyclic) bond motifs is 2. The smallest absolute Gasteiger partial charge is 0.446 e. The van der Waals surface area contributed by atoms with Crippen LogP contribution in [0.5, 0.6) is 0 Å². The quantitative estimate of drug-likeness (QED) is 0.632. The summed E-state index contributed by atoms with van der Waals surface area (Å²) in [7, 11) is 0. The van der Waals surface area contributed by atoms with E-state index in [0.717, 1.165) is 6.07 Å². The Morgan fingerprint density at radius 2 is 1.87 bits per heavy atom. The number of furan rings is 1. The second-order valence-electron chi connectivity index (χ2n) is 7.96. The molecular formula is C20H17ClF3N3O3. The van der Waals surface area contributed by atoms with Gasteiger partial charge in [0.05, 0.1) is 0 Å². The number of hydrogen-bond donors (Lipinski definition) is 1. The summed E-state index contributed by atoms with van der Waals surface area (Å²) in [6.45, 7) is 1.36. The van der Waals surface area contributed by atoms with Crippen molar-refractivity contribution in [3.8, 4) is 0 Å². The van der Waals surface area contributed by atoms with E-state index in [1.54, 1.807) is 18.2 Å². The predicted molar refractivity (Wildman–Crippen MR) is 102 cm³/mol. The molecule has 2 aliphatic rings. The maximum Gasteiger partial charge on any atom is 0.449 e. The van der Waals surface area contributed by atoms with Gasteiger partial charge >= 0.3 is 6.18 Å². The molecule has 0 bridgehead atoms. The van der Waals surface area contributed by atoms with Gasteiger partial charge in [0.1, 0.15) is 5.52 Å². The van der Waals surface area contributed by atoms with Crippen molar-refractivity contribution in [2.75, 3.05) is 18.0 Å². The number of primary amides is 1. The molecule has 1 aliphatic heterocycles. The van der Waals surface area contributed by atoms with E-state index in [1.807, 2.05) is 4.90 Å². The number of carbonyl (C=O) groups excluding carboxylic acids is 1. The van der Waals surface area contributed by atoms with Crippen LogP contribution in [0.25, 0.3) is 11.1 Å². The summed E-state index contributed by atoms with van der Waals surface area (Å²) >= 11 is 6.00. The van der Waals surface area contributed by atoms with E-state index in [0.29, 0.717) is 48.1 Å². The second-order valence-corrected chi connectivity index (χ2v) is 8.40. The minimum Gasteiger partial charge on any atom is -0.446 e. The summed E-state index contributed by atoms with van der Waals surface area (Å²) in [5.74, 6) is -2.26. The number of benzene rings is 1. The van der Waals surface area contributed by atoms with Crippen LogP contribution >= 0.6 is 11.6 Å². The van der Waals surface area contributed by atoms with Gasteiger partial charge in [-0.3, -0.25) is 4.79 Å². The molecule has 3 aromatic rings. The Morgan fingerprint density at radius 1 is 1.17 bits per heavy atom. The third-order valence-corrected chi connectivity index (χ3v) is 6.30. The Hall–Kier alpha value is -2.68. The van der Waals surface area contributed by atoms with Crippen molar-refractivity contribution in [2.45, 2.75) is 24.9 Å². The largest absolute Gasteiger partial charge is 0.449 e. The molecule has 2 N–H and O–H groups in total. The number of carbonyl (C=O) groups is 1. The van der Waals surface area contributed by atoms with Crippen LogP contribution in [0.2, 0.25) is 5.02 Å². The number of rotatable bonds is 3. The van der Waals surface area contributed by atoms with Crippen molar-refractivity contribution in [3.05, 3.63) is 46.4 Å². The van der Waals surface area contributed by atoms with Gasteiger partial charge in [-0.2, -0.15) is 18.2 Å². The third kappa shape index (κ3) is 3.21. The van der Waals surface area contributed by atoms with Gasteiger partial charge in [0.2, 0.25) is 5.76 Å².